The van der Waals surface area contributed by atoms with Crippen LogP contribution >= 0.6 is 0 Å². The largest absolute Gasteiger partial charge is 0.379 e. The van der Waals surface area contributed by atoms with E-state index in [-0.39, 0.29) is 11.7 Å². The molecule has 1 aromatic carbocycles. The average molecular weight is 340 g/mol. The molecule has 0 bridgehead atoms. The van der Waals surface area contributed by atoms with Crippen molar-refractivity contribution in [2.24, 2.45) is 0 Å². The number of amides is 1. The fraction of sp³-hybridized carbons (Fsp3) is 0.562. The Labute approximate surface area is 137 Å². The van der Waals surface area contributed by atoms with Crippen LogP contribution in [-0.4, -0.2) is 64.9 Å². The Bertz CT molecular complexity index is 607. The molecule has 0 saturated carbocycles. The van der Waals surface area contributed by atoms with Gasteiger partial charge in [-0.05, 0) is 30.7 Å². The first-order valence-corrected chi connectivity index (χ1v) is 9.85. The van der Waals surface area contributed by atoms with Gasteiger partial charge in [0.2, 0.25) is 0 Å². The maximum absolute atomic E-state index is 12.0. The maximum atomic E-state index is 12.0. The van der Waals surface area contributed by atoms with Crippen molar-refractivity contribution in [1.82, 2.24) is 10.2 Å². The molecule has 0 unspecified atom stereocenters. The van der Waals surface area contributed by atoms with Gasteiger partial charge >= 0.3 is 0 Å². The van der Waals surface area contributed by atoms with Crippen LogP contribution in [0.1, 0.15) is 22.3 Å². The van der Waals surface area contributed by atoms with E-state index in [4.69, 9.17) is 4.74 Å². The van der Waals surface area contributed by atoms with Crippen molar-refractivity contribution in [2.75, 3.05) is 45.6 Å². The van der Waals surface area contributed by atoms with Crippen molar-refractivity contribution < 1.29 is 17.9 Å². The van der Waals surface area contributed by atoms with Crippen LogP contribution in [0.4, 0.5) is 0 Å². The highest BCUT2D eigenvalue weighted by molar-refractivity contribution is 7.89. The molecule has 0 spiro atoms. The van der Waals surface area contributed by atoms with E-state index >= 15 is 0 Å². The normalized spacial score (nSPS) is 16.2. The molecule has 0 aromatic heterocycles. The molecule has 1 N–H and O–H groups in total. The Morgan fingerprint density at radius 3 is 2.48 bits per heavy atom. The van der Waals surface area contributed by atoms with Crippen LogP contribution in [0, 0.1) is 0 Å². The zero-order chi connectivity index (χ0) is 16.7. The lowest BCUT2D eigenvalue weighted by molar-refractivity contribution is 0.0374. The van der Waals surface area contributed by atoms with E-state index in [1.165, 1.54) is 6.26 Å². The summed E-state index contributed by atoms with van der Waals surface area (Å²) >= 11 is 0. The molecular weight excluding hydrogens is 316 g/mol. The van der Waals surface area contributed by atoms with Crippen molar-refractivity contribution in [2.45, 2.75) is 12.2 Å². The zero-order valence-electron chi connectivity index (χ0n) is 13.5. The quantitative estimate of drug-likeness (QED) is 0.739. The van der Waals surface area contributed by atoms with Gasteiger partial charge in [-0.2, -0.15) is 0 Å². The standard InChI is InChI=1S/C16H24N2O4S/c1-23(20,21)13-14-3-5-15(6-4-14)16(19)17-7-2-8-18-9-11-22-12-10-18/h3-6H,2,7-13H2,1H3,(H,17,19). The molecule has 0 aliphatic carbocycles. The first-order valence-electron chi connectivity index (χ1n) is 7.79. The third-order valence-electron chi connectivity index (χ3n) is 3.69. The van der Waals surface area contributed by atoms with E-state index in [0.717, 1.165) is 39.3 Å². The summed E-state index contributed by atoms with van der Waals surface area (Å²) in [5, 5.41) is 2.89. The van der Waals surface area contributed by atoms with E-state index in [0.29, 0.717) is 17.7 Å². The number of ether oxygens (including phenoxy) is 1. The fourth-order valence-corrected chi connectivity index (χ4v) is 3.28. The number of sulfone groups is 1. The summed E-state index contributed by atoms with van der Waals surface area (Å²) in [6, 6.07) is 6.70. The van der Waals surface area contributed by atoms with Gasteiger partial charge in [0.15, 0.2) is 9.84 Å². The van der Waals surface area contributed by atoms with Crippen LogP contribution < -0.4 is 5.32 Å². The summed E-state index contributed by atoms with van der Waals surface area (Å²) in [6.07, 6.45) is 2.10. The second kappa shape index (κ2) is 8.42. The summed E-state index contributed by atoms with van der Waals surface area (Å²) < 4.78 is 27.8. The molecule has 1 aliphatic rings. The number of nitrogens with one attached hydrogen (secondary N) is 1. The summed E-state index contributed by atoms with van der Waals surface area (Å²) in [7, 11) is -3.05. The predicted molar refractivity (Wildman–Crippen MR) is 89.2 cm³/mol. The van der Waals surface area contributed by atoms with Crippen LogP contribution in [0.3, 0.4) is 0 Å². The van der Waals surface area contributed by atoms with E-state index in [1.54, 1.807) is 24.3 Å². The summed E-state index contributed by atoms with van der Waals surface area (Å²) in [4.78, 5) is 14.4. The van der Waals surface area contributed by atoms with Crippen LogP contribution in [0.5, 0.6) is 0 Å². The molecule has 23 heavy (non-hydrogen) atoms. The van der Waals surface area contributed by atoms with E-state index in [1.807, 2.05) is 0 Å². The van der Waals surface area contributed by atoms with Gasteiger partial charge < -0.3 is 10.1 Å². The molecule has 1 aromatic rings. The number of hydrogen-bond acceptors (Lipinski definition) is 5. The van der Waals surface area contributed by atoms with Crippen LogP contribution in [0.15, 0.2) is 24.3 Å². The van der Waals surface area contributed by atoms with Crippen molar-refractivity contribution in [3.8, 4) is 0 Å². The van der Waals surface area contributed by atoms with Crippen LogP contribution in [0.2, 0.25) is 0 Å². The average Bonchev–Trinajstić information content (AvgIpc) is 2.51. The van der Waals surface area contributed by atoms with E-state index < -0.39 is 9.84 Å². The number of carbonyl (C=O) groups is 1. The van der Waals surface area contributed by atoms with Gasteiger partial charge in [0.25, 0.3) is 5.91 Å². The third-order valence-corrected chi connectivity index (χ3v) is 4.54. The first kappa shape index (κ1) is 17.9. The molecule has 128 valence electrons. The molecule has 1 fully saturated rings. The number of hydrogen-bond donors (Lipinski definition) is 1. The third kappa shape index (κ3) is 6.68. The second-order valence-corrected chi connectivity index (χ2v) is 7.97. The number of carbonyl (C=O) groups excluding carboxylic acids is 1. The minimum Gasteiger partial charge on any atom is -0.379 e. The highest BCUT2D eigenvalue weighted by Crippen LogP contribution is 2.08. The van der Waals surface area contributed by atoms with Gasteiger partial charge in [0, 0.05) is 31.5 Å². The SMILES string of the molecule is CS(=O)(=O)Cc1ccc(C(=O)NCCCN2CCOCC2)cc1. The zero-order valence-corrected chi connectivity index (χ0v) is 14.3. The number of rotatable bonds is 7. The molecule has 7 heteroatoms. The predicted octanol–water partition coefficient (Wildman–Crippen LogP) is 0.683. The summed E-state index contributed by atoms with van der Waals surface area (Å²) in [5.41, 5.74) is 1.24. The van der Waals surface area contributed by atoms with Crippen molar-refractivity contribution in [1.29, 1.82) is 0 Å². The number of nitrogens with zero attached hydrogens (tertiary/aromatic N) is 1. The lowest BCUT2D eigenvalue weighted by Gasteiger charge is -2.26. The van der Waals surface area contributed by atoms with Crippen molar-refractivity contribution in [3.05, 3.63) is 35.4 Å². The molecule has 1 aliphatic heterocycles. The molecule has 0 radical (unpaired) electrons. The van der Waals surface area contributed by atoms with Crippen molar-refractivity contribution >= 4 is 15.7 Å². The molecule has 1 amide bonds. The van der Waals surface area contributed by atoms with Gasteiger partial charge in [0.1, 0.15) is 0 Å². The van der Waals surface area contributed by atoms with Gasteiger partial charge in [-0.25, -0.2) is 8.42 Å². The second-order valence-electron chi connectivity index (χ2n) is 5.83. The minimum absolute atomic E-state index is 0.00551. The highest BCUT2D eigenvalue weighted by Gasteiger charge is 2.10. The monoisotopic (exact) mass is 340 g/mol. The molecule has 6 nitrogen and oxygen atoms in total. The molecule has 0 atom stereocenters. The fourth-order valence-electron chi connectivity index (χ4n) is 2.49. The Morgan fingerprint density at radius 1 is 1.22 bits per heavy atom. The maximum Gasteiger partial charge on any atom is 0.251 e. The smallest absolute Gasteiger partial charge is 0.251 e. The Kier molecular flexibility index (Phi) is 6.56. The molecule has 1 heterocycles. The van der Waals surface area contributed by atoms with Gasteiger partial charge in [0.05, 0.1) is 19.0 Å². The lowest BCUT2D eigenvalue weighted by Crippen LogP contribution is -2.38. The summed E-state index contributed by atoms with van der Waals surface area (Å²) in [5.74, 6) is -0.132. The number of morpholine rings is 1. The highest BCUT2D eigenvalue weighted by atomic mass is 32.2. The Hall–Kier alpha value is -1.44. The van der Waals surface area contributed by atoms with Crippen LogP contribution in [-0.2, 0) is 20.3 Å². The van der Waals surface area contributed by atoms with Gasteiger partial charge in [-0.1, -0.05) is 12.1 Å². The van der Waals surface area contributed by atoms with Crippen LogP contribution in [0.25, 0.3) is 0 Å². The van der Waals surface area contributed by atoms with E-state index in [2.05, 4.69) is 10.2 Å². The molecule has 1 saturated heterocycles. The Balaban J connectivity index is 1.72. The Morgan fingerprint density at radius 2 is 1.87 bits per heavy atom. The first-order chi connectivity index (χ1) is 10.9. The van der Waals surface area contributed by atoms with E-state index in [9.17, 15) is 13.2 Å². The molecular formula is C16H24N2O4S. The van der Waals surface area contributed by atoms with Gasteiger partial charge in [-0.3, -0.25) is 9.69 Å². The minimum atomic E-state index is -3.05. The number of benzene rings is 1. The van der Waals surface area contributed by atoms with Crippen molar-refractivity contribution in [3.63, 3.8) is 0 Å². The topological polar surface area (TPSA) is 75.7 Å². The molecule has 2 rings (SSSR count). The summed E-state index contributed by atoms with van der Waals surface area (Å²) in [6.45, 7) is 5.06. The lowest BCUT2D eigenvalue weighted by atomic mass is 10.1. The van der Waals surface area contributed by atoms with Gasteiger partial charge in [-0.15, -0.1) is 0 Å².